The molecule has 1 heterocycles. The van der Waals surface area contributed by atoms with E-state index in [0.29, 0.717) is 11.7 Å². The van der Waals surface area contributed by atoms with Crippen molar-refractivity contribution in [2.24, 2.45) is 0 Å². The Bertz CT molecular complexity index is 351. The van der Waals surface area contributed by atoms with E-state index in [4.69, 9.17) is 0 Å². The number of carbonyl (C=O) groups is 1. The highest BCUT2D eigenvalue weighted by Gasteiger charge is 2.23. The molecule has 1 saturated carbocycles. The Morgan fingerprint density at radius 2 is 2.07 bits per heavy atom. The number of hydrogen-bond acceptors (Lipinski definition) is 3. The third-order valence-electron chi connectivity index (χ3n) is 3.09. The first-order valence-corrected chi connectivity index (χ1v) is 5.64. The first-order valence-electron chi connectivity index (χ1n) is 5.64. The molecule has 0 atom stereocenters. The van der Waals surface area contributed by atoms with Crippen molar-refractivity contribution in [2.45, 2.75) is 51.5 Å². The topological polar surface area (TPSA) is 47.8 Å². The lowest BCUT2D eigenvalue weighted by Crippen LogP contribution is -2.11. The molecule has 2 rings (SSSR count). The molecule has 1 aromatic rings. The van der Waals surface area contributed by atoms with E-state index < -0.39 is 0 Å². The van der Waals surface area contributed by atoms with E-state index in [2.05, 4.69) is 10.3 Å². The summed E-state index contributed by atoms with van der Waals surface area (Å²) < 4.78 is 1.83. The molecule has 4 heteroatoms. The third kappa shape index (κ3) is 1.80. The lowest BCUT2D eigenvalue weighted by atomic mass is 10.1. The van der Waals surface area contributed by atoms with E-state index in [-0.39, 0.29) is 5.92 Å². The quantitative estimate of drug-likeness (QED) is 0.715. The van der Waals surface area contributed by atoms with Crippen LogP contribution in [0.25, 0.3) is 0 Å². The Kier molecular flexibility index (Phi) is 2.84. The van der Waals surface area contributed by atoms with Gasteiger partial charge in [0.1, 0.15) is 5.69 Å². The Hall–Kier alpha value is -1.19. The summed E-state index contributed by atoms with van der Waals surface area (Å²) in [5.41, 5.74) is 1.51. The summed E-state index contributed by atoms with van der Waals surface area (Å²) in [6.07, 6.45) is 5.62. The number of rotatable bonds is 3. The van der Waals surface area contributed by atoms with Gasteiger partial charge in [0.05, 0.1) is 11.7 Å². The molecule has 15 heavy (non-hydrogen) atoms. The molecule has 0 saturated heterocycles. The zero-order chi connectivity index (χ0) is 10.8. The smallest absolute Gasteiger partial charge is 0.170 e. The first kappa shape index (κ1) is 10.3. The number of carbonyl (C=O) groups excluding carboxylic acids is 1. The van der Waals surface area contributed by atoms with Crippen molar-refractivity contribution in [3.05, 3.63) is 11.4 Å². The second-order valence-corrected chi connectivity index (χ2v) is 4.52. The van der Waals surface area contributed by atoms with Gasteiger partial charge in [-0.1, -0.05) is 31.9 Å². The molecular formula is C11H17N3O. The average Bonchev–Trinajstić information content (AvgIpc) is 2.85. The van der Waals surface area contributed by atoms with Crippen molar-refractivity contribution >= 4 is 6.29 Å². The van der Waals surface area contributed by atoms with E-state index in [0.717, 1.165) is 24.8 Å². The minimum atomic E-state index is 0.264. The van der Waals surface area contributed by atoms with Crippen molar-refractivity contribution in [1.29, 1.82) is 0 Å². The summed E-state index contributed by atoms with van der Waals surface area (Å²) >= 11 is 0. The fourth-order valence-electron chi connectivity index (χ4n) is 2.26. The van der Waals surface area contributed by atoms with E-state index in [1.54, 1.807) is 0 Å². The van der Waals surface area contributed by atoms with Crippen molar-refractivity contribution in [2.75, 3.05) is 0 Å². The summed E-state index contributed by atoms with van der Waals surface area (Å²) in [6.45, 7) is 4.08. The molecule has 1 aliphatic carbocycles. The summed E-state index contributed by atoms with van der Waals surface area (Å²) in [6, 6.07) is 0.394. The zero-order valence-corrected chi connectivity index (χ0v) is 9.31. The Morgan fingerprint density at radius 3 is 2.60 bits per heavy atom. The van der Waals surface area contributed by atoms with Gasteiger partial charge in [-0.25, -0.2) is 4.68 Å². The predicted molar refractivity (Wildman–Crippen MR) is 57.0 cm³/mol. The van der Waals surface area contributed by atoms with E-state index >= 15 is 0 Å². The number of nitrogens with zero attached hydrogens (tertiary/aromatic N) is 3. The fraction of sp³-hybridized carbons (Fsp3) is 0.727. The molecule has 0 N–H and O–H groups in total. The van der Waals surface area contributed by atoms with Crippen LogP contribution >= 0.6 is 0 Å². The normalized spacial score (nSPS) is 17.5. The molecule has 0 bridgehead atoms. The SMILES string of the molecule is CC(C)c1nnn(C2CCCC2)c1C=O. The predicted octanol–water partition coefficient (Wildman–Crippen LogP) is 2.33. The second-order valence-electron chi connectivity index (χ2n) is 4.52. The number of aromatic nitrogens is 3. The van der Waals surface area contributed by atoms with Crippen LogP contribution in [-0.4, -0.2) is 21.3 Å². The van der Waals surface area contributed by atoms with Crippen LogP contribution in [0.4, 0.5) is 0 Å². The molecule has 0 unspecified atom stereocenters. The van der Waals surface area contributed by atoms with Crippen LogP contribution < -0.4 is 0 Å². The van der Waals surface area contributed by atoms with Gasteiger partial charge in [0.2, 0.25) is 0 Å². The molecular weight excluding hydrogens is 190 g/mol. The van der Waals surface area contributed by atoms with E-state index in [1.807, 2.05) is 18.5 Å². The van der Waals surface area contributed by atoms with Crippen LogP contribution in [0.2, 0.25) is 0 Å². The fourth-order valence-corrected chi connectivity index (χ4v) is 2.26. The Morgan fingerprint density at radius 1 is 1.40 bits per heavy atom. The maximum atomic E-state index is 11.1. The van der Waals surface area contributed by atoms with Gasteiger partial charge >= 0.3 is 0 Å². The molecule has 1 aliphatic rings. The molecule has 1 fully saturated rings. The minimum absolute atomic E-state index is 0.264. The standard InChI is InChI=1S/C11H17N3O/c1-8(2)11-10(7-15)14(13-12-11)9-5-3-4-6-9/h7-9H,3-6H2,1-2H3. The largest absolute Gasteiger partial charge is 0.296 e. The van der Waals surface area contributed by atoms with E-state index in [1.165, 1.54) is 12.8 Å². The maximum Gasteiger partial charge on any atom is 0.170 e. The molecule has 82 valence electrons. The van der Waals surface area contributed by atoms with Crippen molar-refractivity contribution < 1.29 is 4.79 Å². The molecule has 0 spiro atoms. The highest BCUT2D eigenvalue weighted by atomic mass is 16.1. The lowest BCUT2D eigenvalue weighted by Gasteiger charge is -2.10. The van der Waals surface area contributed by atoms with Gasteiger partial charge < -0.3 is 0 Å². The first-order chi connectivity index (χ1) is 7.24. The summed E-state index contributed by atoms with van der Waals surface area (Å²) in [7, 11) is 0. The molecule has 0 aliphatic heterocycles. The second kappa shape index (κ2) is 4.13. The van der Waals surface area contributed by atoms with Crippen molar-refractivity contribution in [3.63, 3.8) is 0 Å². The monoisotopic (exact) mass is 207 g/mol. The molecule has 0 radical (unpaired) electrons. The van der Waals surface area contributed by atoms with Crippen LogP contribution in [0.15, 0.2) is 0 Å². The third-order valence-corrected chi connectivity index (χ3v) is 3.09. The van der Waals surface area contributed by atoms with Crippen molar-refractivity contribution in [3.8, 4) is 0 Å². The molecule has 1 aromatic heterocycles. The van der Waals surface area contributed by atoms with Crippen LogP contribution in [0.5, 0.6) is 0 Å². The zero-order valence-electron chi connectivity index (χ0n) is 9.31. The van der Waals surface area contributed by atoms with Gasteiger partial charge in [0.25, 0.3) is 0 Å². The van der Waals surface area contributed by atoms with Crippen LogP contribution in [-0.2, 0) is 0 Å². The molecule has 0 amide bonds. The van der Waals surface area contributed by atoms with Crippen LogP contribution in [0.3, 0.4) is 0 Å². The minimum Gasteiger partial charge on any atom is -0.296 e. The summed E-state index contributed by atoms with van der Waals surface area (Å²) in [5, 5.41) is 8.24. The number of hydrogen-bond donors (Lipinski definition) is 0. The van der Waals surface area contributed by atoms with Gasteiger partial charge in [-0.3, -0.25) is 4.79 Å². The number of aldehydes is 1. The lowest BCUT2D eigenvalue weighted by molar-refractivity contribution is 0.111. The van der Waals surface area contributed by atoms with E-state index in [9.17, 15) is 4.79 Å². The van der Waals surface area contributed by atoms with Crippen LogP contribution in [0.1, 0.15) is 67.7 Å². The van der Waals surface area contributed by atoms with Gasteiger partial charge in [-0.2, -0.15) is 0 Å². The maximum absolute atomic E-state index is 11.1. The summed E-state index contributed by atoms with van der Waals surface area (Å²) in [5.74, 6) is 0.264. The molecule has 4 nitrogen and oxygen atoms in total. The van der Waals surface area contributed by atoms with Crippen molar-refractivity contribution in [1.82, 2.24) is 15.0 Å². The van der Waals surface area contributed by atoms with Crippen LogP contribution in [0, 0.1) is 0 Å². The summed E-state index contributed by atoms with van der Waals surface area (Å²) in [4.78, 5) is 11.1. The van der Waals surface area contributed by atoms with Gasteiger partial charge in [-0.15, -0.1) is 5.10 Å². The highest BCUT2D eigenvalue weighted by Crippen LogP contribution is 2.30. The van der Waals surface area contributed by atoms with Gasteiger partial charge in [0.15, 0.2) is 6.29 Å². The Labute approximate surface area is 89.7 Å². The van der Waals surface area contributed by atoms with Gasteiger partial charge in [0, 0.05) is 0 Å². The van der Waals surface area contributed by atoms with Gasteiger partial charge in [-0.05, 0) is 18.8 Å². The molecule has 0 aromatic carbocycles. The highest BCUT2D eigenvalue weighted by molar-refractivity contribution is 5.74. The average molecular weight is 207 g/mol. The Balaban J connectivity index is 2.34.